The Labute approximate surface area is 115 Å². The second kappa shape index (κ2) is 6.67. The summed E-state index contributed by atoms with van der Waals surface area (Å²) in [5.41, 5.74) is 5.24. The normalized spacial score (nSPS) is 19.4. The van der Waals surface area contributed by atoms with Crippen molar-refractivity contribution in [2.75, 3.05) is 12.3 Å². The highest BCUT2D eigenvalue weighted by Crippen LogP contribution is 2.25. The van der Waals surface area contributed by atoms with Crippen molar-refractivity contribution in [3.63, 3.8) is 0 Å². The average molecular weight is 291 g/mol. The largest absolute Gasteiger partial charge is 0.353 e. The fraction of sp³-hybridized carbons (Fsp3) is 0.917. The summed E-state index contributed by atoms with van der Waals surface area (Å²) < 4.78 is 25.6. The molecule has 0 atom stereocenters. The van der Waals surface area contributed by atoms with Gasteiger partial charge in [-0.25, -0.2) is 13.1 Å². The molecule has 0 unspecified atom stereocenters. The maximum absolute atomic E-state index is 12.0. The molecule has 112 valence electrons. The highest BCUT2D eigenvalue weighted by Gasteiger charge is 2.35. The Morgan fingerprint density at radius 3 is 2.37 bits per heavy atom. The number of carbonyl (C=O) groups is 1. The van der Waals surface area contributed by atoms with E-state index in [4.69, 9.17) is 5.73 Å². The van der Waals surface area contributed by atoms with Crippen LogP contribution in [-0.2, 0) is 14.8 Å². The standard InChI is InChI=1S/C12H25N3O3S/c1-10(2)15-19(17,18)9-8-14-11(16)12(13)6-4-3-5-7-12/h10,15H,3-9,13H2,1-2H3,(H,14,16). The maximum atomic E-state index is 12.0. The molecule has 0 aromatic carbocycles. The van der Waals surface area contributed by atoms with Gasteiger partial charge in [0.2, 0.25) is 15.9 Å². The molecular weight excluding hydrogens is 266 g/mol. The Hall–Kier alpha value is -0.660. The van der Waals surface area contributed by atoms with Crippen LogP contribution in [0.2, 0.25) is 0 Å². The number of rotatable bonds is 6. The molecule has 0 saturated heterocycles. The van der Waals surface area contributed by atoms with Gasteiger partial charge in [0.05, 0.1) is 11.3 Å². The van der Waals surface area contributed by atoms with Crippen LogP contribution in [0.15, 0.2) is 0 Å². The summed E-state index contributed by atoms with van der Waals surface area (Å²) in [5, 5.41) is 2.64. The summed E-state index contributed by atoms with van der Waals surface area (Å²) in [6.45, 7) is 3.61. The van der Waals surface area contributed by atoms with E-state index in [2.05, 4.69) is 10.0 Å². The van der Waals surface area contributed by atoms with Crippen molar-refractivity contribution < 1.29 is 13.2 Å². The fourth-order valence-corrected chi connectivity index (χ4v) is 3.51. The first-order valence-electron chi connectivity index (χ1n) is 6.82. The van der Waals surface area contributed by atoms with Gasteiger partial charge in [0.25, 0.3) is 0 Å². The zero-order valence-electron chi connectivity index (χ0n) is 11.7. The van der Waals surface area contributed by atoms with Gasteiger partial charge in [-0.15, -0.1) is 0 Å². The first-order valence-corrected chi connectivity index (χ1v) is 8.48. The first kappa shape index (κ1) is 16.4. The highest BCUT2D eigenvalue weighted by atomic mass is 32.2. The molecule has 0 heterocycles. The second-order valence-electron chi connectivity index (χ2n) is 5.56. The monoisotopic (exact) mass is 291 g/mol. The van der Waals surface area contributed by atoms with E-state index >= 15 is 0 Å². The minimum absolute atomic E-state index is 0.0971. The number of nitrogens with two attached hydrogens (primary N) is 1. The van der Waals surface area contributed by atoms with E-state index in [9.17, 15) is 13.2 Å². The molecule has 1 rings (SSSR count). The molecule has 4 N–H and O–H groups in total. The van der Waals surface area contributed by atoms with Gasteiger partial charge >= 0.3 is 0 Å². The molecule has 1 aliphatic carbocycles. The first-order chi connectivity index (χ1) is 8.75. The lowest BCUT2D eigenvalue weighted by atomic mass is 9.82. The van der Waals surface area contributed by atoms with Gasteiger partial charge in [0.15, 0.2) is 0 Å². The lowest BCUT2D eigenvalue weighted by Crippen LogP contribution is -2.55. The third-order valence-corrected chi connectivity index (χ3v) is 4.84. The summed E-state index contributed by atoms with van der Waals surface area (Å²) in [4.78, 5) is 12.0. The second-order valence-corrected chi connectivity index (χ2v) is 7.44. The van der Waals surface area contributed by atoms with Crippen molar-refractivity contribution in [3.05, 3.63) is 0 Å². The highest BCUT2D eigenvalue weighted by molar-refractivity contribution is 7.89. The molecule has 6 nitrogen and oxygen atoms in total. The van der Waals surface area contributed by atoms with Crippen LogP contribution in [0.1, 0.15) is 46.0 Å². The molecule has 1 saturated carbocycles. The minimum atomic E-state index is -3.33. The van der Waals surface area contributed by atoms with Crippen LogP contribution < -0.4 is 15.8 Å². The van der Waals surface area contributed by atoms with Crippen molar-refractivity contribution >= 4 is 15.9 Å². The van der Waals surface area contributed by atoms with Crippen LogP contribution in [0.3, 0.4) is 0 Å². The van der Waals surface area contributed by atoms with E-state index in [1.54, 1.807) is 13.8 Å². The van der Waals surface area contributed by atoms with Gasteiger partial charge < -0.3 is 11.1 Å². The van der Waals surface area contributed by atoms with E-state index in [-0.39, 0.29) is 24.2 Å². The van der Waals surface area contributed by atoms with Crippen molar-refractivity contribution in [2.45, 2.75) is 57.5 Å². The van der Waals surface area contributed by atoms with E-state index in [0.29, 0.717) is 12.8 Å². The van der Waals surface area contributed by atoms with Crippen LogP contribution >= 0.6 is 0 Å². The topological polar surface area (TPSA) is 101 Å². The van der Waals surface area contributed by atoms with Crippen molar-refractivity contribution in [1.82, 2.24) is 10.0 Å². The van der Waals surface area contributed by atoms with Crippen LogP contribution in [0.25, 0.3) is 0 Å². The van der Waals surface area contributed by atoms with Crippen LogP contribution in [0.4, 0.5) is 0 Å². The minimum Gasteiger partial charge on any atom is -0.353 e. The zero-order valence-corrected chi connectivity index (χ0v) is 12.6. The third-order valence-electron chi connectivity index (χ3n) is 3.27. The molecule has 1 fully saturated rings. The number of amides is 1. The summed E-state index contributed by atoms with van der Waals surface area (Å²) in [5.74, 6) is -0.348. The third kappa shape index (κ3) is 5.46. The zero-order chi connectivity index (χ0) is 14.5. The summed E-state index contributed by atoms with van der Waals surface area (Å²) in [6, 6.07) is -0.139. The summed E-state index contributed by atoms with van der Waals surface area (Å²) >= 11 is 0. The van der Waals surface area contributed by atoms with Gasteiger partial charge in [0, 0.05) is 12.6 Å². The van der Waals surface area contributed by atoms with Crippen molar-refractivity contribution in [2.24, 2.45) is 5.73 Å². The number of sulfonamides is 1. The lowest BCUT2D eigenvalue weighted by molar-refractivity contribution is -0.127. The molecule has 19 heavy (non-hydrogen) atoms. The smallest absolute Gasteiger partial charge is 0.240 e. The number of nitrogens with one attached hydrogen (secondary N) is 2. The van der Waals surface area contributed by atoms with Gasteiger partial charge in [-0.1, -0.05) is 19.3 Å². The Kier molecular flexibility index (Phi) is 5.76. The predicted molar refractivity (Wildman–Crippen MR) is 75.1 cm³/mol. The van der Waals surface area contributed by atoms with Crippen molar-refractivity contribution in [1.29, 1.82) is 0 Å². The van der Waals surface area contributed by atoms with Crippen molar-refractivity contribution in [3.8, 4) is 0 Å². The molecule has 0 aromatic rings. The van der Waals surface area contributed by atoms with Crippen LogP contribution in [-0.4, -0.2) is 38.2 Å². The summed E-state index contributed by atoms with van der Waals surface area (Å²) in [7, 11) is -3.33. The molecule has 0 aliphatic heterocycles. The SMILES string of the molecule is CC(C)NS(=O)(=O)CCNC(=O)C1(N)CCCCC1. The quantitative estimate of drug-likeness (QED) is 0.645. The number of hydrogen-bond donors (Lipinski definition) is 3. The molecule has 1 aliphatic rings. The number of hydrogen-bond acceptors (Lipinski definition) is 4. The van der Waals surface area contributed by atoms with E-state index in [1.165, 1.54) is 0 Å². The van der Waals surface area contributed by atoms with Gasteiger partial charge in [-0.05, 0) is 26.7 Å². The van der Waals surface area contributed by atoms with Gasteiger partial charge in [0.1, 0.15) is 0 Å². The molecule has 0 spiro atoms. The van der Waals surface area contributed by atoms with E-state index in [1.807, 2.05) is 0 Å². The lowest BCUT2D eigenvalue weighted by Gasteiger charge is -2.31. The molecule has 0 radical (unpaired) electrons. The molecule has 0 bridgehead atoms. The van der Waals surface area contributed by atoms with Crippen LogP contribution in [0, 0.1) is 0 Å². The van der Waals surface area contributed by atoms with Crippen LogP contribution in [0.5, 0.6) is 0 Å². The van der Waals surface area contributed by atoms with Gasteiger partial charge in [-0.2, -0.15) is 0 Å². The Morgan fingerprint density at radius 1 is 1.26 bits per heavy atom. The molecule has 1 amide bonds. The maximum Gasteiger partial charge on any atom is 0.240 e. The Morgan fingerprint density at radius 2 is 1.84 bits per heavy atom. The predicted octanol–water partition coefficient (Wildman–Crippen LogP) is 0.0920. The summed E-state index contributed by atoms with van der Waals surface area (Å²) in [6.07, 6.45) is 4.37. The van der Waals surface area contributed by atoms with E-state index in [0.717, 1.165) is 19.3 Å². The average Bonchev–Trinajstić information content (AvgIpc) is 2.27. The number of carbonyl (C=O) groups excluding carboxylic acids is 1. The van der Waals surface area contributed by atoms with E-state index < -0.39 is 15.6 Å². The fourth-order valence-electron chi connectivity index (χ4n) is 2.30. The Balaban J connectivity index is 2.38. The molecule has 7 heteroatoms. The molecular formula is C12H25N3O3S. The van der Waals surface area contributed by atoms with Gasteiger partial charge in [-0.3, -0.25) is 4.79 Å². The molecule has 0 aromatic heterocycles. The Bertz CT molecular complexity index is 400.